The highest BCUT2D eigenvalue weighted by Crippen LogP contribution is 2.46. The molecule has 0 bridgehead atoms. The van der Waals surface area contributed by atoms with Gasteiger partial charge in [-0.05, 0) is 36.1 Å². The fraction of sp³-hybridized carbons (Fsp3) is 0.316. The van der Waals surface area contributed by atoms with Crippen molar-refractivity contribution in [2.45, 2.75) is 31.2 Å². The van der Waals surface area contributed by atoms with Gasteiger partial charge in [0.2, 0.25) is 7.37 Å². The Morgan fingerprint density at radius 1 is 1.07 bits per heavy atom. The molecule has 146 valence electrons. The van der Waals surface area contributed by atoms with E-state index in [1.807, 2.05) is 30.3 Å². The van der Waals surface area contributed by atoms with Gasteiger partial charge in [0.05, 0.1) is 11.9 Å². The summed E-state index contributed by atoms with van der Waals surface area (Å²) in [4.78, 5) is 21.9. The van der Waals surface area contributed by atoms with Crippen molar-refractivity contribution in [1.82, 2.24) is 0 Å². The second-order valence-electron chi connectivity index (χ2n) is 6.47. The molecule has 0 fully saturated rings. The molecular formula is C19H26N3O4P. The number of carboxylic acid groups (broad SMARTS) is 1. The first-order valence-corrected chi connectivity index (χ1v) is 10.6. The maximum absolute atomic E-state index is 12.7. The van der Waals surface area contributed by atoms with Crippen LogP contribution in [-0.4, -0.2) is 34.0 Å². The summed E-state index contributed by atoms with van der Waals surface area (Å²) in [6.07, 6.45) is 0.407. The Morgan fingerprint density at radius 2 is 1.70 bits per heavy atom. The summed E-state index contributed by atoms with van der Waals surface area (Å²) in [5, 5.41) is 12.2. The highest BCUT2D eigenvalue weighted by molar-refractivity contribution is 7.58. The average Bonchev–Trinajstić information content (AvgIpc) is 2.66. The summed E-state index contributed by atoms with van der Waals surface area (Å²) >= 11 is 0. The van der Waals surface area contributed by atoms with Gasteiger partial charge in [-0.25, -0.2) is 4.79 Å². The lowest BCUT2D eigenvalue weighted by Crippen LogP contribution is -2.36. The minimum absolute atomic E-state index is 0.301. The zero-order valence-electron chi connectivity index (χ0n) is 15.0. The lowest BCUT2D eigenvalue weighted by molar-refractivity contribution is -0.137. The zero-order valence-corrected chi connectivity index (χ0v) is 15.9. The summed E-state index contributed by atoms with van der Waals surface area (Å²) in [6.45, 7) is 0.380. The number of nitrogens with one attached hydrogen (secondary N) is 1. The highest BCUT2D eigenvalue weighted by Gasteiger charge is 2.34. The standard InChI is InChI=1S/C19H26N3O4P/c20-12-15-6-9-16(10-7-15)22-17(19(23)24)13-27(25,26)18(21)11-8-14-4-2-1-3-5-14/h1-7,9-10,17-18,22H,8,11-13,20-21H2,(H,23,24)(H,25,26). The molecule has 0 spiro atoms. The molecule has 0 heterocycles. The summed E-state index contributed by atoms with van der Waals surface area (Å²) in [5.74, 6) is -2.19. The van der Waals surface area contributed by atoms with Crippen LogP contribution in [0.1, 0.15) is 17.5 Å². The normalized spacial score (nSPS) is 15.5. The molecule has 8 heteroatoms. The summed E-state index contributed by atoms with van der Waals surface area (Å²) in [7, 11) is -3.87. The smallest absolute Gasteiger partial charge is 0.326 e. The number of benzene rings is 2. The van der Waals surface area contributed by atoms with Crippen molar-refractivity contribution < 1.29 is 19.4 Å². The fourth-order valence-electron chi connectivity index (χ4n) is 2.68. The van der Waals surface area contributed by atoms with Gasteiger partial charge in [-0.2, -0.15) is 0 Å². The monoisotopic (exact) mass is 391 g/mol. The van der Waals surface area contributed by atoms with Crippen molar-refractivity contribution in [3.63, 3.8) is 0 Å². The first-order chi connectivity index (χ1) is 12.8. The molecule has 0 aliphatic rings. The second kappa shape index (κ2) is 9.67. The number of carboxylic acids is 1. The van der Waals surface area contributed by atoms with Gasteiger partial charge in [-0.15, -0.1) is 0 Å². The Hall–Kier alpha value is -2.18. The minimum atomic E-state index is -3.87. The molecule has 2 aromatic carbocycles. The van der Waals surface area contributed by atoms with Crippen molar-refractivity contribution in [2.75, 3.05) is 11.5 Å². The van der Waals surface area contributed by atoms with Crippen LogP contribution in [0.15, 0.2) is 54.6 Å². The van der Waals surface area contributed by atoms with Crippen LogP contribution in [0.3, 0.4) is 0 Å². The van der Waals surface area contributed by atoms with E-state index in [1.165, 1.54) is 0 Å². The van der Waals surface area contributed by atoms with E-state index in [0.717, 1.165) is 11.1 Å². The Labute approximate surface area is 158 Å². The Balaban J connectivity index is 1.99. The van der Waals surface area contributed by atoms with Crippen LogP contribution in [0.25, 0.3) is 0 Å². The van der Waals surface area contributed by atoms with E-state index >= 15 is 0 Å². The molecule has 7 N–H and O–H groups in total. The van der Waals surface area contributed by atoms with Crippen LogP contribution in [0.2, 0.25) is 0 Å². The molecule has 3 unspecified atom stereocenters. The molecule has 0 aliphatic carbocycles. The van der Waals surface area contributed by atoms with Gasteiger partial charge in [0, 0.05) is 12.2 Å². The summed E-state index contributed by atoms with van der Waals surface area (Å²) in [5.41, 5.74) is 13.9. The second-order valence-corrected chi connectivity index (χ2v) is 9.01. The zero-order chi connectivity index (χ0) is 19.9. The third-order valence-corrected chi connectivity index (χ3v) is 6.55. The van der Waals surface area contributed by atoms with Crippen molar-refractivity contribution >= 4 is 19.0 Å². The molecule has 7 nitrogen and oxygen atoms in total. The van der Waals surface area contributed by atoms with Gasteiger partial charge in [0.15, 0.2) is 0 Å². The lowest BCUT2D eigenvalue weighted by atomic mass is 10.1. The molecule has 0 saturated carbocycles. The SMILES string of the molecule is NCc1ccc(NC(CP(=O)(O)C(N)CCc2ccccc2)C(=O)O)cc1. The van der Waals surface area contributed by atoms with Crippen LogP contribution in [0.4, 0.5) is 5.69 Å². The Bertz CT molecular complexity index is 783. The number of carbonyl (C=O) groups is 1. The van der Waals surface area contributed by atoms with E-state index in [0.29, 0.717) is 25.1 Å². The Morgan fingerprint density at radius 3 is 2.26 bits per heavy atom. The van der Waals surface area contributed by atoms with Crippen molar-refractivity contribution in [2.24, 2.45) is 11.5 Å². The van der Waals surface area contributed by atoms with Crippen LogP contribution in [0, 0.1) is 0 Å². The minimum Gasteiger partial charge on any atom is -0.480 e. The van der Waals surface area contributed by atoms with Crippen LogP contribution < -0.4 is 16.8 Å². The highest BCUT2D eigenvalue weighted by atomic mass is 31.2. The molecular weight excluding hydrogens is 365 g/mol. The molecule has 0 aliphatic heterocycles. The number of aliphatic carboxylic acids is 1. The van der Waals surface area contributed by atoms with Crippen molar-refractivity contribution in [3.8, 4) is 0 Å². The molecule has 3 atom stereocenters. The van der Waals surface area contributed by atoms with E-state index in [2.05, 4.69) is 5.32 Å². The quantitative estimate of drug-likeness (QED) is 0.391. The van der Waals surface area contributed by atoms with E-state index in [1.54, 1.807) is 24.3 Å². The molecule has 2 aromatic rings. The average molecular weight is 391 g/mol. The van der Waals surface area contributed by atoms with Gasteiger partial charge in [0.25, 0.3) is 0 Å². The molecule has 0 radical (unpaired) electrons. The molecule has 0 amide bonds. The van der Waals surface area contributed by atoms with Gasteiger partial charge >= 0.3 is 5.97 Å². The number of rotatable bonds is 10. The van der Waals surface area contributed by atoms with Crippen LogP contribution in [-0.2, 0) is 22.3 Å². The van der Waals surface area contributed by atoms with Crippen LogP contribution in [0.5, 0.6) is 0 Å². The number of nitrogens with two attached hydrogens (primary N) is 2. The molecule has 2 rings (SSSR count). The summed E-state index contributed by atoms with van der Waals surface area (Å²) < 4.78 is 12.7. The lowest BCUT2D eigenvalue weighted by Gasteiger charge is -2.23. The predicted molar refractivity (Wildman–Crippen MR) is 107 cm³/mol. The maximum atomic E-state index is 12.7. The van der Waals surface area contributed by atoms with E-state index in [-0.39, 0.29) is 0 Å². The molecule has 27 heavy (non-hydrogen) atoms. The Kier molecular flexibility index (Phi) is 7.56. The predicted octanol–water partition coefficient (Wildman–Crippen LogP) is 2.20. The molecule has 0 saturated heterocycles. The number of aryl methyl sites for hydroxylation is 1. The van der Waals surface area contributed by atoms with E-state index in [4.69, 9.17) is 11.5 Å². The van der Waals surface area contributed by atoms with Gasteiger partial charge in [0.1, 0.15) is 6.04 Å². The summed E-state index contributed by atoms with van der Waals surface area (Å²) in [6, 6.07) is 15.2. The van der Waals surface area contributed by atoms with E-state index in [9.17, 15) is 19.4 Å². The third-order valence-electron chi connectivity index (χ3n) is 4.36. The number of hydrogen-bond acceptors (Lipinski definition) is 5. The number of anilines is 1. The van der Waals surface area contributed by atoms with E-state index < -0.39 is 31.3 Å². The first kappa shape index (κ1) is 21.1. The maximum Gasteiger partial charge on any atom is 0.326 e. The van der Waals surface area contributed by atoms with Gasteiger partial charge < -0.3 is 26.8 Å². The third kappa shape index (κ3) is 6.48. The largest absolute Gasteiger partial charge is 0.480 e. The van der Waals surface area contributed by atoms with Gasteiger partial charge in [-0.1, -0.05) is 42.5 Å². The van der Waals surface area contributed by atoms with Crippen molar-refractivity contribution in [1.29, 1.82) is 0 Å². The fourth-order valence-corrected chi connectivity index (χ4v) is 4.26. The molecule has 0 aromatic heterocycles. The van der Waals surface area contributed by atoms with Crippen molar-refractivity contribution in [3.05, 3.63) is 65.7 Å². The number of hydrogen-bond donors (Lipinski definition) is 5. The first-order valence-electron chi connectivity index (χ1n) is 8.71. The topological polar surface area (TPSA) is 139 Å². The van der Waals surface area contributed by atoms with Gasteiger partial charge in [-0.3, -0.25) is 4.57 Å². The van der Waals surface area contributed by atoms with Crippen LogP contribution >= 0.6 is 7.37 Å².